The van der Waals surface area contributed by atoms with Gasteiger partial charge in [-0.15, -0.1) is 0 Å². The number of ether oxygens (including phenoxy) is 2. The average Bonchev–Trinajstić information content (AvgIpc) is 2.53. The van der Waals surface area contributed by atoms with Crippen LogP contribution in [0, 0.1) is 0 Å². The van der Waals surface area contributed by atoms with Crippen LogP contribution in [0.1, 0.15) is 52.9 Å². The predicted octanol–water partition coefficient (Wildman–Crippen LogP) is 2.83. The van der Waals surface area contributed by atoms with Crippen LogP contribution in [0.15, 0.2) is 0 Å². The number of hydrogen-bond acceptors (Lipinski definition) is 3. The Bertz CT molecular complexity index is 246. The molecule has 18 heavy (non-hydrogen) atoms. The van der Waals surface area contributed by atoms with E-state index < -0.39 is 0 Å². The molecule has 0 aromatic rings. The highest BCUT2D eigenvalue weighted by molar-refractivity contribution is 4.92. The van der Waals surface area contributed by atoms with Crippen molar-refractivity contribution < 1.29 is 9.47 Å². The Balaban J connectivity index is 1.83. The van der Waals surface area contributed by atoms with E-state index in [4.69, 9.17) is 9.47 Å². The van der Waals surface area contributed by atoms with Crippen LogP contribution >= 0.6 is 0 Å². The second-order valence-electron chi connectivity index (χ2n) is 6.79. The summed E-state index contributed by atoms with van der Waals surface area (Å²) < 4.78 is 11.5. The molecule has 0 aromatic carbocycles. The van der Waals surface area contributed by atoms with Gasteiger partial charge in [0.15, 0.2) is 0 Å². The minimum Gasteiger partial charge on any atom is -0.378 e. The molecule has 2 unspecified atom stereocenters. The zero-order valence-corrected chi connectivity index (χ0v) is 12.4. The molecule has 2 rings (SSSR count). The van der Waals surface area contributed by atoms with Crippen LogP contribution in [-0.2, 0) is 9.47 Å². The highest BCUT2D eigenvalue weighted by atomic mass is 16.5. The van der Waals surface area contributed by atoms with Crippen molar-refractivity contribution in [3.05, 3.63) is 0 Å². The van der Waals surface area contributed by atoms with Crippen molar-refractivity contribution in [2.45, 2.75) is 76.7 Å². The Morgan fingerprint density at radius 2 is 1.72 bits per heavy atom. The van der Waals surface area contributed by atoms with Crippen LogP contribution < -0.4 is 0 Å². The summed E-state index contributed by atoms with van der Waals surface area (Å²) in [6.07, 6.45) is 7.18. The summed E-state index contributed by atoms with van der Waals surface area (Å²) in [5, 5.41) is 0. The number of hydrogen-bond donors (Lipinski definition) is 0. The lowest BCUT2D eigenvalue weighted by atomic mass is 10.0. The first-order chi connectivity index (χ1) is 8.49. The summed E-state index contributed by atoms with van der Waals surface area (Å²) in [6, 6.07) is 1.63. The molecule has 2 bridgehead atoms. The molecule has 0 radical (unpaired) electrons. The van der Waals surface area contributed by atoms with Crippen LogP contribution in [0.5, 0.6) is 0 Å². The van der Waals surface area contributed by atoms with Gasteiger partial charge in [0.25, 0.3) is 0 Å². The smallest absolute Gasteiger partial charge is 0.0931 e. The van der Waals surface area contributed by atoms with Gasteiger partial charge < -0.3 is 9.47 Å². The Morgan fingerprint density at radius 1 is 1.11 bits per heavy atom. The van der Waals surface area contributed by atoms with Gasteiger partial charge in [-0.05, 0) is 46.5 Å². The van der Waals surface area contributed by atoms with Crippen molar-refractivity contribution in [1.29, 1.82) is 0 Å². The summed E-state index contributed by atoms with van der Waals surface area (Å²) in [4.78, 5) is 2.68. The molecule has 0 saturated carbocycles. The van der Waals surface area contributed by atoms with Gasteiger partial charge in [-0.3, -0.25) is 4.90 Å². The molecular formula is C15H29NO2. The zero-order valence-electron chi connectivity index (χ0n) is 12.4. The highest BCUT2D eigenvalue weighted by Crippen LogP contribution is 2.35. The van der Waals surface area contributed by atoms with Gasteiger partial charge in [0.05, 0.1) is 18.3 Å². The van der Waals surface area contributed by atoms with Crippen LogP contribution in [0.25, 0.3) is 0 Å². The van der Waals surface area contributed by atoms with Gasteiger partial charge in [-0.1, -0.05) is 6.42 Å². The van der Waals surface area contributed by atoms with Crippen LogP contribution in [0.3, 0.4) is 0 Å². The lowest BCUT2D eigenvalue weighted by molar-refractivity contribution is -0.0743. The van der Waals surface area contributed by atoms with Gasteiger partial charge in [0.2, 0.25) is 0 Å². The third-order valence-corrected chi connectivity index (χ3v) is 4.30. The summed E-state index contributed by atoms with van der Waals surface area (Å²) in [7, 11) is 1.81. The van der Waals surface area contributed by atoms with Crippen molar-refractivity contribution in [1.82, 2.24) is 4.90 Å². The first-order valence-electron chi connectivity index (χ1n) is 7.42. The molecule has 0 aliphatic carbocycles. The van der Waals surface area contributed by atoms with E-state index >= 15 is 0 Å². The second kappa shape index (κ2) is 5.89. The first kappa shape index (κ1) is 14.3. The van der Waals surface area contributed by atoms with Gasteiger partial charge in [0, 0.05) is 25.7 Å². The molecule has 0 amide bonds. The monoisotopic (exact) mass is 255 g/mol. The lowest BCUT2D eigenvalue weighted by Crippen LogP contribution is -2.46. The molecule has 2 heterocycles. The maximum atomic E-state index is 5.86. The normalized spacial score (nSPS) is 30.7. The first-order valence-corrected chi connectivity index (χ1v) is 7.42. The summed E-state index contributed by atoms with van der Waals surface area (Å²) in [5.41, 5.74) is -0.0718. The number of rotatable bonds is 5. The molecule has 0 N–H and O–H groups in total. The Morgan fingerprint density at radius 3 is 2.22 bits per heavy atom. The molecule has 2 aliphatic rings. The fourth-order valence-corrected chi connectivity index (χ4v) is 3.30. The van der Waals surface area contributed by atoms with E-state index in [-0.39, 0.29) is 11.7 Å². The third kappa shape index (κ3) is 3.69. The molecule has 0 spiro atoms. The van der Waals surface area contributed by atoms with Crippen LogP contribution in [0.2, 0.25) is 0 Å². The van der Waals surface area contributed by atoms with E-state index in [9.17, 15) is 0 Å². The minimum atomic E-state index is -0.0718. The van der Waals surface area contributed by atoms with Gasteiger partial charge in [-0.25, -0.2) is 0 Å². The van der Waals surface area contributed by atoms with Gasteiger partial charge >= 0.3 is 0 Å². The molecule has 2 saturated heterocycles. The maximum Gasteiger partial charge on any atom is 0.0931 e. The molecule has 2 aliphatic heterocycles. The minimum absolute atomic E-state index is 0.0718. The van der Waals surface area contributed by atoms with E-state index in [0.29, 0.717) is 6.61 Å². The quantitative estimate of drug-likeness (QED) is 0.754. The van der Waals surface area contributed by atoms with Crippen molar-refractivity contribution in [2.75, 3.05) is 20.3 Å². The van der Waals surface area contributed by atoms with Crippen LogP contribution in [0.4, 0.5) is 0 Å². The van der Waals surface area contributed by atoms with Crippen molar-refractivity contribution in [3.8, 4) is 0 Å². The Labute approximate surface area is 112 Å². The number of piperidine rings is 1. The van der Waals surface area contributed by atoms with E-state index in [1.807, 2.05) is 7.11 Å². The lowest BCUT2D eigenvalue weighted by Gasteiger charge is -2.37. The molecular weight excluding hydrogens is 226 g/mol. The van der Waals surface area contributed by atoms with E-state index in [1.54, 1.807) is 0 Å². The topological polar surface area (TPSA) is 21.7 Å². The van der Waals surface area contributed by atoms with E-state index in [2.05, 4.69) is 25.7 Å². The molecule has 3 heteroatoms. The Kier molecular flexibility index (Phi) is 4.68. The van der Waals surface area contributed by atoms with Crippen molar-refractivity contribution >= 4 is 0 Å². The average molecular weight is 255 g/mol. The van der Waals surface area contributed by atoms with Gasteiger partial charge in [0.1, 0.15) is 0 Å². The van der Waals surface area contributed by atoms with Crippen LogP contribution in [-0.4, -0.2) is 49.0 Å². The van der Waals surface area contributed by atoms with E-state index in [0.717, 1.165) is 18.6 Å². The molecule has 3 nitrogen and oxygen atoms in total. The fraction of sp³-hybridized carbons (Fsp3) is 1.00. The summed E-state index contributed by atoms with van der Waals surface area (Å²) in [5.74, 6) is 0. The maximum absolute atomic E-state index is 5.86. The summed E-state index contributed by atoms with van der Waals surface area (Å²) >= 11 is 0. The fourth-order valence-electron chi connectivity index (χ4n) is 3.30. The molecule has 0 aromatic heterocycles. The predicted molar refractivity (Wildman–Crippen MR) is 73.9 cm³/mol. The standard InChI is InChI=1S/C15H29NO2/c1-15(2,3)18-11-14(17-4)10-16-12-6-5-7-13(16)9-8-12/h12-14H,5-11H2,1-4H3/t12?,13?,14-/m1/s1. The molecule has 3 atom stereocenters. The zero-order chi connectivity index (χ0) is 13.2. The van der Waals surface area contributed by atoms with E-state index in [1.165, 1.54) is 32.1 Å². The second-order valence-corrected chi connectivity index (χ2v) is 6.79. The van der Waals surface area contributed by atoms with Gasteiger partial charge in [-0.2, -0.15) is 0 Å². The highest BCUT2D eigenvalue weighted by Gasteiger charge is 2.37. The number of methoxy groups -OCH3 is 1. The SMILES string of the molecule is CO[C@@H](COC(C)(C)C)CN1C2CCCC1CC2. The van der Waals surface area contributed by atoms with Crippen molar-refractivity contribution in [2.24, 2.45) is 0 Å². The summed E-state index contributed by atoms with van der Waals surface area (Å²) in [6.45, 7) is 8.05. The largest absolute Gasteiger partial charge is 0.378 e. The molecule has 106 valence electrons. The van der Waals surface area contributed by atoms with Crippen molar-refractivity contribution in [3.63, 3.8) is 0 Å². The number of fused-ring (bicyclic) bond motifs is 2. The Hall–Kier alpha value is -0.120. The number of nitrogens with zero attached hydrogens (tertiary/aromatic N) is 1. The third-order valence-electron chi connectivity index (χ3n) is 4.30. The molecule has 2 fully saturated rings.